The van der Waals surface area contributed by atoms with Gasteiger partial charge in [0.15, 0.2) is 6.29 Å². The Morgan fingerprint density at radius 3 is 2.51 bits per heavy atom. The third kappa shape index (κ3) is 4.26. The van der Waals surface area contributed by atoms with E-state index in [-0.39, 0.29) is 34.9 Å². The Bertz CT molecular complexity index is 1280. The molecule has 1 aromatic heterocycles. The molecule has 0 unspecified atom stereocenters. The summed E-state index contributed by atoms with van der Waals surface area (Å²) in [6.45, 7) is 5.61. The monoisotopic (exact) mass is 604 g/mol. The maximum absolute atomic E-state index is 12.3. The number of hydrogen-bond donors (Lipinski definition) is 4. The van der Waals surface area contributed by atoms with Crippen molar-refractivity contribution in [3.63, 3.8) is 0 Å². The molecule has 7 rings (SSSR count). The first-order chi connectivity index (χ1) is 20.4. The summed E-state index contributed by atoms with van der Waals surface area (Å²) in [5, 5.41) is 40.4. The SMILES string of the molecule is CC(=O)O[C@H]1[C@H]2O[C@]23[C@@H]2CC[C@H]4C[C@@H](O[C@@H]5O[C@H](CO)[C@@H](O)[C@H](O)[C@H]5O)CC[C@]4(C)[C@H]2CC[C@]3(C)[C@H]1c1ccc(=O)oc1. The van der Waals surface area contributed by atoms with E-state index in [9.17, 15) is 30.0 Å². The van der Waals surface area contributed by atoms with Crippen molar-refractivity contribution in [3.05, 3.63) is 34.4 Å². The molecule has 6 fully saturated rings. The van der Waals surface area contributed by atoms with E-state index in [0.717, 1.165) is 50.5 Å². The lowest BCUT2D eigenvalue weighted by atomic mass is 9.44. The van der Waals surface area contributed by atoms with Gasteiger partial charge in [-0.15, -0.1) is 0 Å². The molecule has 2 saturated heterocycles. The highest BCUT2D eigenvalue weighted by Gasteiger charge is 2.84. The molecule has 4 N–H and O–H groups in total. The van der Waals surface area contributed by atoms with Gasteiger partial charge in [0.1, 0.15) is 42.2 Å². The van der Waals surface area contributed by atoms with Gasteiger partial charge < -0.3 is 43.8 Å². The quantitative estimate of drug-likeness (QED) is 0.219. The van der Waals surface area contributed by atoms with Gasteiger partial charge >= 0.3 is 11.6 Å². The largest absolute Gasteiger partial charge is 0.459 e. The molecular weight excluding hydrogens is 560 g/mol. The molecule has 4 saturated carbocycles. The highest BCUT2D eigenvalue weighted by molar-refractivity contribution is 5.66. The summed E-state index contributed by atoms with van der Waals surface area (Å²) in [5.41, 5.74) is -0.180. The molecule has 0 amide bonds. The second-order valence-electron chi connectivity index (χ2n) is 14.5. The minimum atomic E-state index is -1.46. The highest BCUT2D eigenvalue weighted by Crippen LogP contribution is 2.78. The van der Waals surface area contributed by atoms with Crippen LogP contribution in [0.15, 0.2) is 27.6 Å². The molecule has 2 aliphatic heterocycles. The molecule has 15 atom stereocenters. The van der Waals surface area contributed by atoms with E-state index in [2.05, 4.69) is 13.8 Å². The van der Waals surface area contributed by atoms with Crippen LogP contribution in [0.3, 0.4) is 0 Å². The molecule has 11 nitrogen and oxygen atoms in total. The van der Waals surface area contributed by atoms with Gasteiger partial charge in [-0.25, -0.2) is 4.79 Å². The molecular formula is C32H44O11. The molecule has 11 heteroatoms. The smallest absolute Gasteiger partial charge is 0.335 e. The fourth-order valence-corrected chi connectivity index (χ4v) is 10.6. The number of ether oxygens (including phenoxy) is 4. The summed E-state index contributed by atoms with van der Waals surface area (Å²) in [6, 6.07) is 3.24. The third-order valence-electron chi connectivity index (χ3n) is 12.6. The van der Waals surface area contributed by atoms with Crippen LogP contribution in [0.2, 0.25) is 0 Å². The first-order valence-corrected chi connectivity index (χ1v) is 15.8. The topological polar surface area (TPSA) is 168 Å². The molecule has 238 valence electrons. The molecule has 3 heterocycles. The van der Waals surface area contributed by atoms with Crippen LogP contribution in [0.4, 0.5) is 0 Å². The van der Waals surface area contributed by atoms with Gasteiger partial charge in [-0.2, -0.15) is 0 Å². The summed E-state index contributed by atoms with van der Waals surface area (Å²) in [7, 11) is 0. The zero-order valence-electron chi connectivity index (χ0n) is 25.0. The normalized spacial score (nSPS) is 51.9. The van der Waals surface area contributed by atoms with Crippen LogP contribution in [0.1, 0.15) is 77.2 Å². The first kappa shape index (κ1) is 29.8. The average Bonchev–Trinajstić information content (AvgIpc) is 3.68. The van der Waals surface area contributed by atoms with Crippen LogP contribution in [-0.4, -0.2) is 87.6 Å². The van der Waals surface area contributed by atoms with E-state index in [1.165, 1.54) is 19.3 Å². The lowest BCUT2D eigenvalue weighted by Crippen LogP contribution is -2.60. The second kappa shape index (κ2) is 10.3. The number of rotatable bonds is 5. The van der Waals surface area contributed by atoms with Crippen molar-refractivity contribution in [2.75, 3.05) is 6.61 Å². The first-order valence-electron chi connectivity index (χ1n) is 15.8. The average molecular weight is 605 g/mol. The molecule has 0 bridgehead atoms. The Labute approximate surface area is 250 Å². The highest BCUT2D eigenvalue weighted by atomic mass is 16.7. The van der Waals surface area contributed by atoms with Crippen LogP contribution in [0, 0.1) is 28.6 Å². The number of carbonyl (C=O) groups is 1. The van der Waals surface area contributed by atoms with Gasteiger partial charge in [0.25, 0.3) is 0 Å². The number of esters is 1. The van der Waals surface area contributed by atoms with Gasteiger partial charge in [0.05, 0.1) is 19.0 Å². The predicted octanol–water partition coefficient (Wildman–Crippen LogP) is 1.62. The molecule has 6 aliphatic rings. The standard InChI is InChI=1S/C32H44O11/c1-15(34)40-27-23(16-4-7-22(35)39-14-16)31(3)11-9-19-20(32(31)28(27)43-32)6-5-17-12-18(8-10-30(17,19)2)41-29-26(38)25(37)24(36)21(13-33)42-29/h4,7,14,17-21,23-29,33,36-38H,5-6,8-13H2,1-3H3/t17-,18-,19-,20+,21+,23-,24+,25-,26+,27+,28+,29+,30-,31+,32+/m0/s1. The second-order valence-corrected chi connectivity index (χ2v) is 14.5. The van der Waals surface area contributed by atoms with Crippen LogP contribution in [0.5, 0.6) is 0 Å². The number of epoxide rings is 1. The van der Waals surface area contributed by atoms with E-state index in [1.807, 2.05) is 0 Å². The van der Waals surface area contributed by atoms with Gasteiger partial charge in [-0.05, 0) is 79.7 Å². The number of hydrogen-bond acceptors (Lipinski definition) is 11. The van der Waals surface area contributed by atoms with Crippen molar-refractivity contribution in [1.29, 1.82) is 0 Å². The molecule has 1 spiro atoms. The van der Waals surface area contributed by atoms with E-state index in [0.29, 0.717) is 17.8 Å². The van der Waals surface area contributed by atoms with Gasteiger partial charge in [0.2, 0.25) is 0 Å². The summed E-state index contributed by atoms with van der Waals surface area (Å²) in [5.74, 6) is 0.640. The van der Waals surface area contributed by atoms with E-state index in [4.69, 9.17) is 23.4 Å². The Morgan fingerprint density at radius 2 is 1.81 bits per heavy atom. The third-order valence-corrected chi connectivity index (χ3v) is 12.6. The lowest BCUT2D eigenvalue weighted by Gasteiger charge is -2.61. The van der Waals surface area contributed by atoms with Crippen molar-refractivity contribution < 1.29 is 48.6 Å². The van der Waals surface area contributed by atoms with Crippen molar-refractivity contribution in [2.45, 2.75) is 126 Å². The maximum Gasteiger partial charge on any atom is 0.335 e. The van der Waals surface area contributed by atoms with Crippen molar-refractivity contribution in [3.8, 4) is 0 Å². The van der Waals surface area contributed by atoms with E-state index < -0.39 is 54.6 Å². The van der Waals surface area contributed by atoms with Crippen LogP contribution < -0.4 is 5.63 Å². The molecule has 4 aliphatic carbocycles. The number of fused-ring (bicyclic) bond motifs is 3. The molecule has 43 heavy (non-hydrogen) atoms. The zero-order valence-corrected chi connectivity index (χ0v) is 25.0. The molecule has 1 aromatic rings. The number of aliphatic hydroxyl groups is 4. The fourth-order valence-electron chi connectivity index (χ4n) is 10.6. The van der Waals surface area contributed by atoms with Crippen molar-refractivity contribution in [2.24, 2.45) is 28.6 Å². The summed E-state index contributed by atoms with van der Waals surface area (Å²) < 4.78 is 29.8. The molecule has 0 radical (unpaired) electrons. The van der Waals surface area contributed by atoms with Crippen LogP contribution in [-0.2, 0) is 23.7 Å². The Morgan fingerprint density at radius 1 is 1.02 bits per heavy atom. The number of carbonyl (C=O) groups excluding carboxylic acids is 1. The minimum absolute atomic E-state index is 0.0549. The van der Waals surface area contributed by atoms with Crippen molar-refractivity contribution >= 4 is 5.97 Å². The van der Waals surface area contributed by atoms with Gasteiger partial charge in [-0.3, -0.25) is 4.79 Å². The summed E-state index contributed by atoms with van der Waals surface area (Å²) >= 11 is 0. The Balaban J connectivity index is 1.11. The van der Waals surface area contributed by atoms with Gasteiger partial charge in [0, 0.05) is 24.3 Å². The summed E-state index contributed by atoms with van der Waals surface area (Å²) in [4.78, 5) is 24.0. The fraction of sp³-hybridized carbons (Fsp3) is 0.812. The van der Waals surface area contributed by atoms with E-state index >= 15 is 0 Å². The van der Waals surface area contributed by atoms with Crippen molar-refractivity contribution in [1.82, 2.24) is 0 Å². The number of aliphatic hydroxyl groups excluding tert-OH is 4. The Hall–Kier alpha value is -1.86. The minimum Gasteiger partial charge on any atom is -0.459 e. The van der Waals surface area contributed by atoms with E-state index in [1.54, 1.807) is 6.07 Å². The molecule has 0 aromatic carbocycles. The predicted molar refractivity (Wildman–Crippen MR) is 149 cm³/mol. The maximum atomic E-state index is 12.3. The van der Waals surface area contributed by atoms with Crippen LogP contribution >= 0.6 is 0 Å². The summed E-state index contributed by atoms with van der Waals surface area (Å²) in [6.07, 6.45) is 0.703. The lowest BCUT2D eigenvalue weighted by molar-refractivity contribution is -0.316. The Kier molecular flexibility index (Phi) is 7.17. The zero-order chi connectivity index (χ0) is 30.5. The van der Waals surface area contributed by atoms with Gasteiger partial charge in [-0.1, -0.05) is 13.8 Å². The van der Waals surface area contributed by atoms with Crippen LogP contribution in [0.25, 0.3) is 0 Å².